The highest BCUT2D eigenvalue weighted by molar-refractivity contribution is 7.97. The molecule has 4 nitrogen and oxygen atoms in total. The van der Waals surface area contributed by atoms with E-state index in [2.05, 4.69) is 57.2 Å². The molecule has 0 amide bonds. The Morgan fingerprint density at radius 2 is 1.24 bits per heavy atom. The maximum Gasteiger partial charge on any atom is 0.269 e. The molecule has 0 aliphatic heterocycles. The minimum Gasteiger partial charge on any atom is -0.258 e. The maximum atomic E-state index is 11.0. The van der Waals surface area contributed by atoms with E-state index >= 15 is 0 Å². The van der Waals surface area contributed by atoms with Gasteiger partial charge in [-0.1, -0.05) is 81.4 Å². The van der Waals surface area contributed by atoms with Crippen molar-refractivity contribution in [3.8, 4) is 22.3 Å². The molecule has 4 aromatic rings. The van der Waals surface area contributed by atoms with Gasteiger partial charge in [0.25, 0.3) is 5.69 Å². The molecule has 0 aliphatic rings. The van der Waals surface area contributed by atoms with Crippen LogP contribution in [0.15, 0.2) is 102 Å². The van der Waals surface area contributed by atoms with Gasteiger partial charge in [-0.2, -0.15) is 0 Å². The summed E-state index contributed by atoms with van der Waals surface area (Å²) >= 11 is 1.33. The minimum atomic E-state index is -0.391. The summed E-state index contributed by atoms with van der Waals surface area (Å²) in [7, 11) is 0. The van der Waals surface area contributed by atoms with E-state index in [-0.39, 0.29) is 11.1 Å². The standard InChI is InChI=1S/C28H25N2O2S/c1-28(2,3)22-18-25(20-10-6-4-7-11-20)27(26(19-22)21-12-8-5-9-13-21)29-33-24-16-14-23(15-17-24)30(31)32/h4-19H,1-3H3. The lowest BCUT2D eigenvalue weighted by Crippen LogP contribution is -2.12. The Balaban J connectivity index is 1.84. The second-order valence-corrected chi connectivity index (χ2v) is 9.67. The van der Waals surface area contributed by atoms with Gasteiger partial charge in [0.15, 0.2) is 0 Å². The highest BCUT2D eigenvalue weighted by Crippen LogP contribution is 2.43. The van der Waals surface area contributed by atoms with Crippen molar-refractivity contribution < 1.29 is 4.92 Å². The number of nitrogens with zero attached hydrogens (tertiary/aromatic N) is 2. The van der Waals surface area contributed by atoms with E-state index in [0.717, 1.165) is 32.8 Å². The van der Waals surface area contributed by atoms with Crippen LogP contribution in [0.3, 0.4) is 0 Å². The topological polar surface area (TPSA) is 57.2 Å². The predicted molar refractivity (Wildman–Crippen MR) is 137 cm³/mol. The number of nitro benzene ring substituents is 1. The zero-order valence-electron chi connectivity index (χ0n) is 18.9. The summed E-state index contributed by atoms with van der Waals surface area (Å²) in [5.41, 5.74) is 6.50. The molecule has 0 bridgehead atoms. The van der Waals surface area contributed by atoms with Crippen LogP contribution in [0.2, 0.25) is 0 Å². The molecule has 4 aromatic carbocycles. The quantitative estimate of drug-likeness (QED) is 0.168. The van der Waals surface area contributed by atoms with Gasteiger partial charge >= 0.3 is 0 Å². The molecular weight excluding hydrogens is 428 g/mol. The van der Waals surface area contributed by atoms with Gasteiger partial charge in [-0.15, -0.1) is 0 Å². The van der Waals surface area contributed by atoms with E-state index in [1.807, 2.05) is 36.4 Å². The molecule has 33 heavy (non-hydrogen) atoms. The normalized spacial score (nSPS) is 11.2. The van der Waals surface area contributed by atoms with Crippen molar-refractivity contribution in [1.29, 1.82) is 0 Å². The second kappa shape index (κ2) is 9.51. The van der Waals surface area contributed by atoms with Crippen molar-refractivity contribution in [3.05, 3.63) is 113 Å². The third kappa shape index (κ3) is 5.26. The molecule has 0 unspecified atom stereocenters. The Morgan fingerprint density at radius 1 is 0.758 bits per heavy atom. The molecule has 0 fully saturated rings. The lowest BCUT2D eigenvalue weighted by atomic mass is 9.82. The van der Waals surface area contributed by atoms with Gasteiger partial charge in [-0.25, -0.2) is 4.72 Å². The van der Waals surface area contributed by atoms with Crippen LogP contribution in [0.25, 0.3) is 22.3 Å². The van der Waals surface area contributed by atoms with Crippen molar-refractivity contribution in [2.75, 3.05) is 0 Å². The first-order chi connectivity index (χ1) is 15.8. The summed E-state index contributed by atoms with van der Waals surface area (Å²) in [4.78, 5) is 11.4. The van der Waals surface area contributed by atoms with E-state index in [1.165, 1.54) is 29.6 Å². The minimum absolute atomic E-state index is 0.0307. The summed E-state index contributed by atoms with van der Waals surface area (Å²) in [5.74, 6) is 0. The van der Waals surface area contributed by atoms with E-state index in [0.29, 0.717) is 0 Å². The summed E-state index contributed by atoms with van der Waals surface area (Å²) in [6.45, 7) is 6.65. The van der Waals surface area contributed by atoms with E-state index in [9.17, 15) is 10.1 Å². The van der Waals surface area contributed by atoms with E-state index in [4.69, 9.17) is 4.72 Å². The largest absolute Gasteiger partial charge is 0.269 e. The average Bonchev–Trinajstić information content (AvgIpc) is 2.83. The van der Waals surface area contributed by atoms with Gasteiger partial charge in [0, 0.05) is 40.1 Å². The molecule has 0 aromatic heterocycles. The van der Waals surface area contributed by atoms with Gasteiger partial charge in [0.2, 0.25) is 0 Å². The van der Waals surface area contributed by atoms with E-state index in [1.54, 1.807) is 12.1 Å². The number of benzene rings is 4. The lowest BCUT2D eigenvalue weighted by molar-refractivity contribution is -0.384. The highest BCUT2D eigenvalue weighted by Gasteiger charge is 2.21. The number of hydrogen-bond donors (Lipinski definition) is 0. The second-order valence-electron chi connectivity index (χ2n) is 8.84. The molecule has 0 saturated heterocycles. The zero-order valence-corrected chi connectivity index (χ0v) is 19.7. The van der Waals surface area contributed by atoms with Gasteiger partial charge in [0.05, 0.1) is 10.6 Å². The van der Waals surface area contributed by atoms with Crippen molar-refractivity contribution in [1.82, 2.24) is 4.72 Å². The van der Waals surface area contributed by atoms with Crippen LogP contribution in [0.4, 0.5) is 11.4 Å². The Labute approximate surface area is 199 Å². The van der Waals surface area contributed by atoms with Gasteiger partial charge < -0.3 is 0 Å². The summed E-state index contributed by atoms with van der Waals surface area (Å²) < 4.78 is 4.97. The van der Waals surface area contributed by atoms with Gasteiger partial charge in [-0.3, -0.25) is 10.1 Å². The van der Waals surface area contributed by atoms with Crippen LogP contribution in [0, 0.1) is 10.1 Å². The fourth-order valence-electron chi connectivity index (χ4n) is 3.57. The smallest absolute Gasteiger partial charge is 0.258 e. The van der Waals surface area contributed by atoms with Crippen LogP contribution in [0.1, 0.15) is 26.3 Å². The molecule has 0 N–H and O–H groups in total. The predicted octanol–water partition coefficient (Wildman–Crippen LogP) is 8.17. The molecule has 165 valence electrons. The molecule has 0 heterocycles. The zero-order chi connectivity index (χ0) is 23.4. The fraction of sp³-hybridized carbons (Fsp3) is 0.143. The Bertz CT molecular complexity index is 1190. The average molecular weight is 454 g/mol. The van der Waals surface area contributed by atoms with Crippen LogP contribution in [-0.4, -0.2) is 4.92 Å². The number of hydrogen-bond acceptors (Lipinski definition) is 3. The third-order valence-corrected chi connectivity index (χ3v) is 6.19. The van der Waals surface area contributed by atoms with Crippen LogP contribution in [0.5, 0.6) is 0 Å². The molecule has 0 atom stereocenters. The monoisotopic (exact) mass is 453 g/mol. The molecular formula is C28H25N2O2S. The van der Waals surface area contributed by atoms with Crippen molar-refractivity contribution >= 4 is 23.3 Å². The molecule has 1 radical (unpaired) electrons. The molecule has 0 spiro atoms. The summed E-state index contributed by atoms with van der Waals surface area (Å²) in [5, 5.41) is 11.0. The summed E-state index contributed by atoms with van der Waals surface area (Å²) in [6, 6.07) is 31.5. The Morgan fingerprint density at radius 3 is 1.67 bits per heavy atom. The van der Waals surface area contributed by atoms with Crippen LogP contribution < -0.4 is 4.72 Å². The molecule has 4 rings (SSSR count). The fourth-order valence-corrected chi connectivity index (χ4v) is 4.22. The first kappa shape index (κ1) is 22.6. The van der Waals surface area contributed by atoms with Crippen molar-refractivity contribution in [2.24, 2.45) is 0 Å². The lowest BCUT2D eigenvalue weighted by Gasteiger charge is -2.24. The SMILES string of the molecule is CC(C)(C)c1cc(-c2ccccc2)c([N]Sc2ccc([N+](=O)[O-])cc2)c(-c2ccccc2)c1. The van der Waals surface area contributed by atoms with Crippen LogP contribution >= 0.6 is 11.9 Å². The maximum absolute atomic E-state index is 11.0. The highest BCUT2D eigenvalue weighted by atomic mass is 32.2. The molecule has 0 aliphatic carbocycles. The number of nitro groups is 1. The van der Waals surface area contributed by atoms with Crippen molar-refractivity contribution in [3.63, 3.8) is 0 Å². The number of rotatable bonds is 6. The Hall–Kier alpha value is -3.57. The van der Waals surface area contributed by atoms with Gasteiger partial charge in [-0.05, 0) is 46.4 Å². The third-order valence-electron chi connectivity index (χ3n) is 5.44. The molecule has 0 saturated carbocycles. The van der Waals surface area contributed by atoms with Gasteiger partial charge in [0.1, 0.15) is 0 Å². The molecule has 5 heteroatoms. The Kier molecular flexibility index (Phi) is 6.52. The summed E-state index contributed by atoms with van der Waals surface area (Å²) in [6.07, 6.45) is 0. The first-order valence-electron chi connectivity index (χ1n) is 10.7. The van der Waals surface area contributed by atoms with E-state index < -0.39 is 4.92 Å². The van der Waals surface area contributed by atoms with Crippen molar-refractivity contribution in [2.45, 2.75) is 31.1 Å². The number of non-ortho nitro benzene ring substituents is 1. The van der Waals surface area contributed by atoms with Crippen LogP contribution in [-0.2, 0) is 5.41 Å². The first-order valence-corrected chi connectivity index (χ1v) is 11.5.